The summed E-state index contributed by atoms with van der Waals surface area (Å²) in [5, 5.41) is 19.0. The Hall–Kier alpha value is -3.87. The average Bonchev–Trinajstić information content (AvgIpc) is 3.25. The molecule has 2 aromatic carbocycles. The second-order valence-electron chi connectivity index (χ2n) is 9.86. The maximum Gasteiger partial charge on any atom is 0.280 e. The van der Waals surface area contributed by atoms with E-state index in [0.717, 1.165) is 6.07 Å². The number of carbonyl (C=O) groups is 2. The molecule has 0 radical (unpaired) electrons. The van der Waals surface area contributed by atoms with Crippen LogP contribution in [-0.2, 0) is 16.2 Å². The van der Waals surface area contributed by atoms with E-state index in [1.54, 1.807) is 12.1 Å². The van der Waals surface area contributed by atoms with Crippen LogP contribution in [0.2, 0.25) is 5.02 Å². The zero-order valence-corrected chi connectivity index (χ0v) is 22.7. The molecule has 2 amide bonds. The van der Waals surface area contributed by atoms with Crippen molar-refractivity contribution in [1.29, 1.82) is 0 Å². The standard InChI is InChI=1S/C27H27ClF2N4O6/c1-15-31-25(40-13-16-4-5-17(29)10-19(16)30)24(28)26(38)34(15)18-6-7-20-21(11-18)33(22(36)8-9-35)14-32(20)23(37)12-27(2,3)39/h4-7,10-11,35,39H,8-9,12-14H2,1-3H3. The molecule has 0 unspecified atom stereocenters. The maximum atomic E-state index is 14.0. The van der Waals surface area contributed by atoms with Crippen molar-refractivity contribution in [1.82, 2.24) is 9.55 Å². The first-order chi connectivity index (χ1) is 18.8. The molecule has 2 heterocycles. The Morgan fingerprint density at radius 3 is 2.45 bits per heavy atom. The number of amides is 2. The fourth-order valence-corrected chi connectivity index (χ4v) is 4.46. The SMILES string of the molecule is Cc1nc(OCc2ccc(F)cc2F)c(Cl)c(=O)n1-c1ccc2c(c1)N(C(=O)CCO)CN2C(=O)CC(C)(C)O. The Balaban J connectivity index is 1.70. The summed E-state index contributed by atoms with van der Waals surface area (Å²) in [5.41, 5.74) is -0.963. The van der Waals surface area contributed by atoms with E-state index in [1.165, 1.54) is 47.3 Å². The lowest BCUT2D eigenvalue weighted by molar-refractivity contribution is -0.122. The van der Waals surface area contributed by atoms with E-state index in [0.29, 0.717) is 17.4 Å². The smallest absolute Gasteiger partial charge is 0.280 e. The number of hydrogen-bond donors (Lipinski definition) is 2. The molecule has 13 heteroatoms. The molecule has 4 rings (SSSR count). The molecule has 0 aliphatic carbocycles. The van der Waals surface area contributed by atoms with Gasteiger partial charge in [-0.2, -0.15) is 4.98 Å². The molecule has 0 saturated heterocycles. The van der Waals surface area contributed by atoms with Gasteiger partial charge in [-0.05, 0) is 51.1 Å². The molecular formula is C27H27ClF2N4O6. The number of nitrogens with zero attached hydrogens (tertiary/aromatic N) is 4. The van der Waals surface area contributed by atoms with Crippen LogP contribution in [0.25, 0.3) is 5.69 Å². The number of aliphatic hydroxyl groups is 2. The Kier molecular flexibility index (Phi) is 8.24. The first kappa shape index (κ1) is 29.1. The van der Waals surface area contributed by atoms with Crippen molar-refractivity contribution in [3.8, 4) is 11.6 Å². The van der Waals surface area contributed by atoms with E-state index < -0.39 is 41.2 Å². The number of rotatable bonds is 8. The van der Waals surface area contributed by atoms with Crippen LogP contribution < -0.4 is 20.1 Å². The average molecular weight is 577 g/mol. The lowest BCUT2D eigenvalue weighted by atomic mass is 10.0. The molecule has 212 valence electrons. The summed E-state index contributed by atoms with van der Waals surface area (Å²) in [5.74, 6) is -2.52. The summed E-state index contributed by atoms with van der Waals surface area (Å²) in [6, 6.07) is 7.60. The highest BCUT2D eigenvalue weighted by Gasteiger charge is 2.35. The first-order valence-electron chi connectivity index (χ1n) is 12.2. The minimum Gasteiger partial charge on any atom is -0.471 e. The van der Waals surface area contributed by atoms with Gasteiger partial charge in [-0.3, -0.25) is 28.8 Å². The molecule has 3 aromatic rings. The van der Waals surface area contributed by atoms with Gasteiger partial charge in [0.2, 0.25) is 17.7 Å². The number of carbonyl (C=O) groups excluding carboxylic acids is 2. The summed E-state index contributed by atoms with van der Waals surface area (Å²) >= 11 is 6.27. The zero-order chi connectivity index (χ0) is 29.4. The number of anilines is 2. The minimum absolute atomic E-state index is 0.0380. The van der Waals surface area contributed by atoms with E-state index in [9.17, 15) is 33.4 Å². The maximum absolute atomic E-state index is 14.0. The molecule has 1 aliphatic rings. The van der Waals surface area contributed by atoms with Crippen molar-refractivity contribution < 1.29 is 33.3 Å². The number of ether oxygens (including phenoxy) is 1. The third kappa shape index (κ3) is 5.98. The highest BCUT2D eigenvalue weighted by molar-refractivity contribution is 6.31. The highest BCUT2D eigenvalue weighted by atomic mass is 35.5. The Morgan fingerprint density at radius 2 is 1.80 bits per heavy atom. The fraction of sp³-hybridized carbons (Fsp3) is 0.333. The second kappa shape index (κ2) is 11.3. The van der Waals surface area contributed by atoms with Crippen molar-refractivity contribution in [3.63, 3.8) is 0 Å². The quantitative estimate of drug-likeness (QED) is 0.422. The summed E-state index contributed by atoms with van der Waals surface area (Å²) in [4.78, 5) is 45.9. The van der Waals surface area contributed by atoms with Gasteiger partial charge < -0.3 is 14.9 Å². The zero-order valence-electron chi connectivity index (χ0n) is 21.9. The molecular weight excluding hydrogens is 550 g/mol. The van der Waals surface area contributed by atoms with Crippen LogP contribution in [0.4, 0.5) is 20.2 Å². The summed E-state index contributed by atoms with van der Waals surface area (Å²) in [6.45, 7) is 3.63. The summed E-state index contributed by atoms with van der Waals surface area (Å²) in [6.07, 6.45) is -0.387. The number of benzene rings is 2. The lowest BCUT2D eigenvalue weighted by Gasteiger charge is -2.23. The molecule has 0 fully saturated rings. The van der Waals surface area contributed by atoms with Crippen LogP contribution in [0.3, 0.4) is 0 Å². The first-order valence-corrected chi connectivity index (χ1v) is 12.6. The molecule has 0 spiro atoms. The number of fused-ring (bicyclic) bond motifs is 1. The van der Waals surface area contributed by atoms with Crippen molar-refractivity contribution in [2.75, 3.05) is 23.1 Å². The number of aliphatic hydroxyl groups excluding tert-OH is 1. The Bertz CT molecular complexity index is 1540. The third-order valence-electron chi connectivity index (χ3n) is 6.14. The highest BCUT2D eigenvalue weighted by Crippen LogP contribution is 2.39. The molecule has 40 heavy (non-hydrogen) atoms. The number of aryl methyl sites for hydroxylation is 1. The third-order valence-corrected chi connectivity index (χ3v) is 6.46. The minimum atomic E-state index is -1.28. The summed E-state index contributed by atoms with van der Waals surface area (Å²) < 4.78 is 33.8. The van der Waals surface area contributed by atoms with Crippen molar-refractivity contribution in [2.45, 2.75) is 45.8 Å². The molecule has 0 bridgehead atoms. The number of aromatic nitrogens is 2. The predicted octanol–water partition coefficient (Wildman–Crippen LogP) is 3.23. The fourth-order valence-electron chi connectivity index (χ4n) is 4.28. The normalized spacial score (nSPS) is 13.0. The van der Waals surface area contributed by atoms with Gasteiger partial charge in [-0.1, -0.05) is 11.6 Å². The Morgan fingerprint density at radius 1 is 1.10 bits per heavy atom. The van der Waals surface area contributed by atoms with Gasteiger partial charge in [-0.25, -0.2) is 8.78 Å². The van der Waals surface area contributed by atoms with Gasteiger partial charge in [0, 0.05) is 11.6 Å². The number of hydrogen-bond acceptors (Lipinski definition) is 7. The molecule has 1 aromatic heterocycles. The van der Waals surface area contributed by atoms with Gasteiger partial charge in [0.05, 0.1) is 42.1 Å². The largest absolute Gasteiger partial charge is 0.471 e. The number of halogens is 3. The van der Waals surface area contributed by atoms with Crippen molar-refractivity contribution in [3.05, 3.63) is 74.8 Å². The monoisotopic (exact) mass is 576 g/mol. The van der Waals surface area contributed by atoms with Crippen LogP contribution in [-0.4, -0.2) is 50.5 Å². The molecule has 0 atom stereocenters. The Labute approximate surface area is 233 Å². The van der Waals surface area contributed by atoms with E-state index >= 15 is 0 Å². The van der Waals surface area contributed by atoms with E-state index in [-0.39, 0.29) is 54.1 Å². The van der Waals surface area contributed by atoms with Crippen LogP contribution in [0.1, 0.15) is 38.1 Å². The molecule has 10 nitrogen and oxygen atoms in total. The molecule has 2 N–H and O–H groups in total. The van der Waals surface area contributed by atoms with Gasteiger partial charge in [0.1, 0.15) is 30.7 Å². The van der Waals surface area contributed by atoms with Crippen LogP contribution >= 0.6 is 11.6 Å². The predicted molar refractivity (Wildman–Crippen MR) is 143 cm³/mol. The van der Waals surface area contributed by atoms with Gasteiger partial charge in [0.25, 0.3) is 5.56 Å². The van der Waals surface area contributed by atoms with Crippen molar-refractivity contribution in [2.24, 2.45) is 0 Å². The molecule has 1 aliphatic heterocycles. The topological polar surface area (TPSA) is 125 Å². The van der Waals surface area contributed by atoms with E-state index in [2.05, 4.69) is 4.98 Å². The van der Waals surface area contributed by atoms with Gasteiger partial charge in [-0.15, -0.1) is 0 Å². The van der Waals surface area contributed by atoms with Crippen LogP contribution in [0.15, 0.2) is 41.2 Å². The summed E-state index contributed by atoms with van der Waals surface area (Å²) in [7, 11) is 0. The lowest BCUT2D eigenvalue weighted by Crippen LogP contribution is -2.41. The van der Waals surface area contributed by atoms with Crippen LogP contribution in [0.5, 0.6) is 5.88 Å². The van der Waals surface area contributed by atoms with E-state index in [1.807, 2.05) is 0 Å². The van der Waals surface area contributed by atoms with E-state index in [4.69, 9.17) is 16.3 Å². The second-order valence-corrected chi connectivity index (χ2v) is 10.2. The van der Waals surface area contributed by atoms with Gasteiger partial charge >= 0.3 is 0 Å². The van der Waals surface area contributed by atoms with Gasteiger partial charge in [0.15, 0.2) is 5.02 Å². The molecule has 0 saturated carbocycles. The van der Waals surface area contributed by atoms with Crippen molar-refractivity contribution >= 4 is 34.8 Å². The van der Waals surface area contributed by atoms with Crippen LogP contribution in [0, 0.1) is 18.6 Å².